The molecule has 29 heavy (non-hydrogen) atoms. The minimum Gasteiger partial charge on any atom is -0.493 e. The number of benzene rings is 2. The summed E-state index contributed by atoms with van der Waals surface area (Å²) in [6.07, 6.45) is 1.98. The Bertz CT molecular complexity index is 1010. The number of alkyl halides is 2. The van der Waals surface area contributed by atoms with Crippen LogP contribution in [0.15, 0.2) is 36.4 Å². The molecule has 2 aromatic rings. The summed E-state index contributed by atoms with van der Waals surface area (Å²) < 4.78 is 34.0. The third kappa shape index (κ3) is 5.23. The molecule has 0 spiro atoms. The predicted octanol–water partition coefficient (Wildman–Crippen LogP) is 4.66. The van der Waals surface area contributed by atoms with Crippen molar-refractivity contribution in [2.24, 2.45) is 0 Å². The maximum absolute atomic E-state index is 12.5. The van der Waals surface area contributed by atoms with Gasteiger partial charge in [-0.05, 0) is 30.4 Å². The molecule has 12 heteroatoms. The minimum absolute atomic E-state index is 0.0791. The fourth-order valence-corrected chi connectivity index (χ4v) is 2.46. The van der Waals surface area contributed by atoms with Crippen molar-refractivity contribution in [3.05, 3.63) is 72.8 Å². The zero-order valence-electron chi connectivity index (χ0n) is 14.5. The molecule has 0 heterocycles. The van der Waals surface area contributed by atoms with E-state index in [1.165, 1.54) is 12.1 Å². The number of carbonyl (C=O) groups excluding carboxylic acids is 1. The van der Waals surface area contributed by atoms with Crippen LogP contribution in [0.5, 0.6) is 11.5 Å². The Morgan fingerprint density at radius 3 is 2.31 bits per heavy atom. The second-order valence-electron chi connectivity index (χ2n) is 5.32. The van der Waals surface area contributed by atoms with E-state index in [1.54, 1.807) is 0 Å². The summed E-state index contributed by atoms with van der Waals surface area (Å²) in [6, 6.07) is 5.16. The van der Waals surface area contributed by atoms with Gasteiger partial charge >= 0.3 is 6.61 Å². The van der Waals surface area contributed by atoms with E-state index < -0.39 is 39.4 Å². The molecule has 152 valence electrons. The second-order valence-corrected chi connectivity index (χ2v) is 5.73. The lowest BCUT2D eigenvalue weighted by Crippen LogP contribution is -2.05. The Labute approximate surface area is 166 Å². The quantitative estimate of drug-likeness (QED) is 0.259. The van der Waals surface area contributed by atoms with Gasteiger partial charge in [-0.25, -0.2) is 0 Å². The Kier molecular flexibility index (Phi) is 6.78. The second kappa shape index (κ2) is 9.06. The minimum atomic E-state index is -3.23. The van der Waals surface area contributed by atoms with Gasteiger partial charge in [-0.1, -0.05) is 11.6 Å². The van der Waals surface area contributed by atoms with Crippen molar-refractivity contribution in [1.29, 1.82) is 0 Å². The number of carbonyl (C=O) groups is 1. The lowest BCUT2D eigenvalue weighted by Gasteiger charge is -2.10. The Hall–Kier alpha value is -3.60. The number of nitrogens with zero attached hydrogens (tertiary/aromatic N) is 2. The number of rotatable bonds is 8. The first kappa shape index (κ1) is 21.7. The zero-order valence-corrected chi connectivity index (χ0v) is 15.3. The van der Waals surface area contributed by atoms with Gasteiger partial charge in [0.05, 0.1) is 28.6 Å². The average Bonchev–Trinajstić information content (AvgIpc) is 2.65. The van der Waals surface area contributed by atoms with Crippen molar-refractivity contribution in [3.8, 4) is 11.5 Å². The molecule has 0 atom stereocenters. The molecule has 2 rings (SSSR count). The van der Waals surface area contributed by atoms with E-state index in [1.807, 2.05) is 0 Å². The number of allylic oxidation sites excluding steroid dienone is 1. The molecule has 0 amide bonds. The van der Waals surface area contributed by atoms with Gasteiger partial charge in [-0.15, -0.1) is 0 Å². The lowest BCUT2D eigenvalue weighted by atomic mass is 10.1. The molecule has 9 nitrogen and oxygen atoms in total. The SMILES string of the molecule is COc1cc(/C=C/C(=O)c2ccc(Cl)c([N+](=O)[O-])c2)c([N+](=O)[O-])cc1OC(F)F. The monoisotopic (exact) mass is 428 g/mol. The molecule has 2 aromatic carbocycles. The predicted molar refractivity (Wildman–Crippen MR) is 97.8 cm³/mol. The summed E-state index contributed by atoms with van der Waals surface area (Å²) >= 11 is 5.68. The maximum atomic E-state index is 12.5. The topological polar surface area (TPSA) is 122 Å². The number of halogens is 3. The van der Waals surface area contributed by atoms with E-state index in [0.717, 1.165) is 37.5 Å². The molecule has 0 saturated heterocycles. The number of ketones is 1. The summed E-state index contributed by atoms with van der Waals surface area (Å²) in [5.41, 5.74) is -1.31. The lowest BCUT2D eigenvalue weighted by molar-refractivity contribution is -0.385. The third-order valence-corrected chi connectivity index (χ3v) is 3.89. The number of nitro groups is 2. The average molecular weight is 429 g/mol. The first-order chi connectivity index (χ1) is 13.6. The van der Waals surface area contributed by atoms with Crippen molar-refractivity contribution in [1.82, 2.24) is 0 Å². The van der Waals surface area contributed by atoms with Gasteiger partial charge in [0.15, 0.2) is 17.3 Å². The normalized spacial score (nSPS) is 10.9. The molecule has 0 unspecified atom stereocenters. The van der Waals surface area contributed by atoms with Gasteiger partial charge in [-0.3, -0.25) is 25.0 Å². The highest BCUT2D eigenvalue weighted by molar-refractivity contribution is 6.32. The van der Waals surface area contributed by atoms with Crippen molar-refractivity contribution in [2.45, 2.75) is 6.61 Å². The first-order valence-electron chi connectivity index (χ1n) is 7.61. The van der Waals surface area contributed by atoms with E-state index >= 15 is 0 Å². The van der Waals surface area contributed by atoms with Gasteiger partial charge in [-0.2, -0.15) is 8.78 Å². The summed E-state index contributed by atoms with van der Waals surface area (Å²) in [5, 5.41) is 22.0. The van der Waals surface area contributed by atoms with E-state index in [9.17, 15) is 33.8 Å². The molecule has 0 aliphatic rings. The number of hydrogen-bond donors (Lipinski definition) is 0. The molecule has 0 radical (unpaired) electrons. The smallest absolute Gasteiger partial charge is 0.387 e. The number of hydrogen-bond acceptors (Lipinski definition) is 7. The third-order valence-electron chi connectivity index (χ3n) is 3.57. The van der Waals surface area contributed by atoms with Crippen LogP contribution in [-0.4, -0.2) is 29.4 Å². The molecular formula is C17H11ClF2N2O7. The molecule has 0 fully saturated rings. The van der Waals surface area contributed by atoms with E-state index in [0.29, 0.717) is 0 Å². The van der Waals surface area contributed by atoms with Gasteiger partial charge < -0.3 is 9.47 Å². The summed E-state index contributed by atoms with van der Waals surface area (Å²) in [4.78, 5) is 32.8. The van der Waals surface area contributed by atoms with Crippen LogP contribution in [-0.2, 0) is 0 Å². The summed E-state index contributed by atoms with van der Waals surface area (Å²) in [6.45, 7) is -3.23. The van der Waals surface area contributed by atoms with Gasteiger partial charge in [0, 0.05) is 11.6 Å². The fourth-order valence-electron chi connectivity index (χ4n) is 2.27. The van der Waals surface area contributed by atoms with Crippen molar-refractivity contribution < 1.29 is 32.9 Å². The van der Waals surface area contributed by atoms with Crippen LogP contribution in [0.1, 0.15) is 15.9 Å². The molecule has 0 bridgehead atoms. The van der Waals surface area contributed by atoms with Crippen LogP contribution < -0.4 is 9.47 Å². The van der Waals surface area contributed by atoms with Gasteiger partial charge in [0.2, 0.25) is 0 Å². The fraction of sp³-hybridized carbons (Fsp3) is 0.118. The Morgan fingerprint density at radius 1 is 1.10 bits per heavy atom. The van der Waals surface area contributed by atoms with Crippen molar-refractivity contribution >= 4 is 34.8 Å². The molecule has 0 N–H and O–H groups in total. The summed E-state index contributed by atoms with van der Waals surface area (Å²) in [7, 11) is 1.14. The van der Waals surface area contributed by atoms with E-state index in [4.69, 9.17) is 16.3 Å². The van der Waals surface area contributed by atoms with Crippen LogP contribution in [0, 0.1) is 20.2 Å². The molecular weight excluding hydrogens is 418 g/mol. The molecule has 0 aliphatic heterocycles. The Balaban J connectivity index is 2.43. The van der Waals surface area contributed by atoms with Crippen LogP contribution in [0.4, 0.5) is 20.2 Å². The highest BCUT2D eigenvalue weighted by atomic mass is 35.5. The number of methoxy groups -OCH3 is 1. The van der Waals surface area contributed by atoms with Crippen LogP contribution in [0.3, 0.4) is 0 Å². The van der Waals surface area contributed by atoms with Crippen LogP contribution in [0.2, 0.25) is 5.02 Å². The van der Waals surface area contributed by atoms with E-state index in [-0.39, 0.29) is 21.9 Å². The van der Waals surface area contributed by atoms with Crippen molar-refractivity contribution in [3.63, 3.8) is 0 Å². The number of ether oxygens (including phenoxy) is 2. The number of nitro benzene ring substituents is 2. The van der Waals surface area contributed by atoms with Crippen molar-refractivity contribution in [2.75, 3.05) is 7.11 Å². The largest absolute Gasteiger partial charge is 0.493 e. The highest BCUT2D eigenvalue weighted by Crippen LogP contribution is 2.36. The van der Waals surface area contributed by atoms with Crippen LogP contribution >= 0.6 is 11.6 Å². The highest BCUT2D eigenvalue weighted by Gasteiger charge is 2.21. The zero-order chi connectivity index (χ0) is 21.7. The van der Waals surface area contributed by atoms with Gasteiger partial charge in [0.25, 0.3) is 11.4 Å². The van der Waals surface area contributed by atoms with Gasteiger partial charge in [0.1, 0.15) is 5.02 Å². The van der Waals surface area contributed by atoms with E-state index in [2.05, 4.69) is 4.74 Å². The maximum Gasteiger partial charge on any atom is 0.387 e. The Morgan fingerprint density at radius 2 is 1.76 bits per heavy atom. The molecule has 0 aromatic heterocycles. The first-order valence-corrected chi connectivity index (χ1v) is 7.99. The van der Waals surface area contributed by atoms with Crippen LogP contribution in [0.25, 0.3) is 6.08 Å². The molecule has 0 saturated carbocycles. The summed E-state index contributed by atoms with van der Waals surface area (Å²) in [5.74, 6) is -1.47. The standard InChI is InChI=1S/C17H11ClF2N2O7/c1-28-15-7-9(12(21(24)25)8-16(15)29-17(19)20)3-5-14(23)10-2-4-11(18)13(6-10)22(26)27/h2-8,17H,1H3/b5-3+. The molecule has 0 aliphatic carbocycles.